The summed E-state index contributed by atoms with van der Waals surface area (Å²) in [6, 6.07) is 11.8. The van der Waals surface area contributed by atoms with Crippen molar-refractivity contribution in [2.24, 2.45) is 0 Å². The van der Waals surface area contributed by atoms with Crippen molar-refractivity contribution < 1.29 is 0 Å². The zero-order valence-corrected chi connectivity index (χ0v) is 17.1. The molecule has 4 aromatic heterocycles. The van der Waals surface area contributed by atoms with E-state index >= 15 is 0 Å². The lowest BCUT2D eigenvalue weighted by Crippen LogP contribution is -1.69. The van der Waals surface area contributed by atoms with Gasteiger partial charge in [0.05, 0.1) is 5.01 Å². The van der Waals surface area contributed by atoms with Gasteiger partial charge in [0.2, 0.25) is 0 Å². The highest BCUT2D eigenvalue weighted by molar-refractivity contribution is 7.09. The molecule has 4 aromatic rings. The second-order valence-electron chi connectivity index (χ2n) is 5.64. The van der Waals surface area contributed by atoms with Crippen LogP contribution in [0.2, 0.25) is 0 Å². The molecule has 0 unspecified atom stereocenters. The summed E-state index contributed by atoms with van der Waals surface area (Å²) in [7, 11) is 0. The van der Waals surface area contributed by atoms with E-state index in [0.29, 0.717) is 0 Å². The fourth-order valence-electron chi connectivity index (χ4n) is 1.62. The van der Waals surface area contributed by atoms with Crippen LogP contribution in [0, 0.1) is 27.7 Å². The van der Waals surface area contributed by atoms with Crippen LogP contribution in [0.4, 0.5) is 0 Å². The van der Waals surface area contributed by atoms with E-state index in [9.17, 15) is 0 Å². The third-order valence-electron chi connectivity index (χ3n) is 3.02. The fourth-order valence-corrected chi connectivity index (χ4v) is 2.06. The molecule has 5 heteroatoms. The summed E-state index contributed by atoms with van der Waals surface area (Å²) in [6.07, 6.45) is 12.6. The Balaban J connectivity index is 0.000000180. The van der Waals surface area contributed by atoms with Crippen molar-refractivity contribution >= 4 is 11.3 Å². The molecule has 0 atom stereocenters. The molecule has 0 amide bonds. The molecule has 0 bridgehead atoms. The number of hydrogen-bond acceptors (Lipinski definition) is 5. The van der Waals surface area contributed by atoms with E-state index in [-0.39, 0.29) is 0 Å². The topological polar surface area (TPSA) is 51.6 Å². The maximum Gasteiger partial charge on any atom is 0.0893 e. The number of aryl methyl sites for hydroxylation is 4. The standard InChI is InChI=1S/3C6H7N.C4H5NS/c1-6-2-4-7-5-3-6;2*1-6-3-2-4-7-5-6;1-4-5-2-3-6-4/h3*2-5H,1H3;2-3H,1H3. The van der Waals surface area contributed by atoms with Crippen molar-refractivity contribution in [2.75, 3.05) is 0 Å². The van der Waals surface area contributed by atoms with Gasteiger partial charge in [-0.25, -0.2) is 0 Å². The number of aromatic nitrogens is 4. The largest absolute Gasteiger partial charge is 0.265 e. The molecule has 0 spiro atoms. The fraction of sp³-hybridized carbons (Fsp3) is 0.182. The minimum absolute atomic E-state index is 1.13. The maximum absolute atomic E-state index is 3.94. The van der Waals surface area contributed by atoms with Gasteiger partial charge in [0.15, 0.2) is 0 Å². The summed E-state index contributed by atoms with van der Waals surface area (Å²) in [4.78, 5) is 15.5. The monoisotopic (exact) mass is 378 g/mol. The van der Waals surface area contributed by atoms with E-state index in [2.05, 4.69) is 19.9 Å². The Bertz CT molecular complexity index is 716. The van der Waals surface area contributed by atoms with Crippen LogP contribution < -0.4 is 0 Å². The Morgan fingerprint density at radius 3 is 1.33 bits per heavy atom. The van der Waals surface area contributed by atoms with Crippen molar-refractivity contribution in [3.8, 4) is 0 Å². The van der Waals surface area contributed by atoms with Gasteiger partial charge in [-0.2, -0.15) is 0 Å². The molecule has 0 aromatic carbocycles. The summed E-state index contributed by atoms with van der Waals surface area (Å²) < 4.78 is 0. The van der Waals surface area contributed by atoms with E-state index < -0.39 is 0 Å². The van der Waals surface area contributed by atoms with Crippen molar-refractivity contribution in [3.05, 3.63) is 107 Å². The first-order valence-electron chi connectivity index (χ1n) is 8.54. The van der Waals surface area contributed by atoms with Gasteiger partial charge in [0.25, 0.3) is 0 Å². The molecular weight excluding hydrogens is 352 g/mol. The number of pyridine rings is 3. The highest BCUT2D eigenvalue weighted by Crippen LogP contribution is 1.98. The molecule has 4 nitrogen and oxygen atoms in total. The van der Waals surface area contributed by atoms with Gasteiger partial charge in [0.1, 0.15) is 0 Å². The Morgan fingerprint density at radius 1 is 0.593 bits per heavy atom. The van der Waals surface area contributed by atoms with Gasteiger partial charge >= 0.3 is 0 Å². The van der Waals surface area contributed by atoms with Crippen molar-refractivity contribution in [1.82, 2.24) is 19.9 Å². The van der Waals surface area contributed by atoms with Crippen LogP contribution in [0.15, 0.2) is 85.2 Å². The van der Waals surface area contributed by atoms with E-state index in [4.69, 9.17) is 0 Å². The molecule has 0 aliphatic carbocycles. The van der Waals surface area contributed by atoms with E-state index in [0.717, 1.165) is 5.01 Å². The van der Waals surface area contributed by atoms with Gasteiger partial charge in [-0.05, 0) is 68.7 Å². The molecule has 0 fully saturated rings. The van der Waals surface area contributed by atoms with Crippen LogP contribution in [0.1, 0.15) is 21.7 Å². The predicted octanol–water partition coefficient (Wildman–Crippen LogP) is 5.62. The summed E-state index contributed by atoms with van der Waals surface area (Å²) in [5.41, 5.74) is 3.68. The highest BCUT2D eigenvalue weighted by Gasteiger charge is 1.76. The predicted molar refractivity (Wildman–Crippen MR) is 114 cm³/mol. The molecule has 0 radical (unpaired) electrons. The average molecular weight is 379 g/mol. The Kier molecular flexibility index (Phi) is 11.7. The molecule has 0 saturated carbocycles. The van der Waals surface area contributed by atoms with Gasteiger partial charge < -0.3 is 0 Å². The van der Waals surface area contributed by atoms with Crippen molar-refractivity contribution in [3.63, 3.8) is 0 Å². The van der Waals surface area contributed by atoms with Crippen LogP contribution in [-0.4, -0.2) is 19.9 Å². The highest BCUT2D eigenvalue weighted by atomic mass is 32.1. The second kappa shape index (κ2) is 14.3. The zero-order chi connectivity index (χ0) is 19.7. The van der Waals surface area contributed by atoms with Crippen molar-refractivity contribution in [2.45, 2.75) is 27.7 Å². The minimum atomic E-state index is 1.13. The molecule has 4 rings (SSSR count). The Morgan fingerprint density at radius 2 is 1.15 bits per heavy atom. The van der Waals surface area contributed by atoms with E-state index in [1.807, 2.05) is 81.9 Å². The maximum atomic E-state index is 3.94. The number of hydrogen-bond donors (Lipinski definition) is 0. The molecular formula is C22H26N4S. The SMILES string of the molecule is Cc1cccnc1.Cc1cccnc1.Cc1ccncc1.Cc1nccs1. The Hall–Kier alpha value is -2.92. The molecule has 0 aliphatic rings. The summed E-state index contributed by atoms with van der Waals surface area (Å²) >= 11 is 1.67. The van der Waals surface area contributed by atoms with Gasteiger partial charge in [-0.3, -0.25) is 19.9 Å². The van der Waals surface area contributed by atoms with Crippen LogP contribution in [0.25, 0.3) is 0 Å². The lowest BCUT2D eigenvalue weighted by Gasteiger charge is -1.82. The lowest BCUT2D eigenvalue weighted by molar-refractivity contribution is 1.27. The average Bonchev–Trinajstić information content (AvgIpc) is 3.16. The smallest absolute Gasteiger partial charge is 0.0893 e. The van der Waals surface area contributed by atoms with Gasteiger partial charge in [-0.1, -0.05) is 12.1 Å². The molecule has 140 valence electrons. The molecule has 0 N–H and O–H groups in total. The summed E-state index contributed by atoms with van der Waals surface area (Å²) in [5.74, 6) is 0. The van der Waals surface area contributed by atoms with Crippen LogP contribution >= 0.6 is 11.3 Å². The molecule has 27 heavy (non-hydrogen) atoms. The van der Waals surface area contributed by atoms with Crippen LogP contribution in [-0.2, 0) is 0 Å². The van der Waals surface area contributed by atoms with Gasteiger partial charge in [-0.15, -0.1) is 11.3 Å². The number of rotatable bonds is 0. The quantitative estimate of drug-likeness (QED) is 0.398. The van der Waals surface area contributed by atoms with Crippen molar-refractivity contribution in [1.29, 1.82) is 0 Å². The first kappa shape index (κ1) is 22.1. The first-order valence-corrected chi connectivity index (χ1v) is 9.42. The molecule has 4 heterocycles. The normalized spacial score (nSPS) is 8.74. The third kappa shape index (κ3) is 13.0. The summed E-state index contributed by atoms with van der Waals surface area (Å²) in [5, 5.41) is 3.10. The zero-order valence-electron chi connectivity index (χ0n) is 16.3. The first-order chi connectivity index (χ1) is 13.1. The lowest BCUT2D eigenvalue weighted by atomic mass is 10.3. The number of nitrogens with zero attached hydrogens (tertiary/aromatic N) is 4. The van der Waals surface area contributed by atoms with E-state index in [1.165, 1.54) is 16.7 Å². The second-order valence-corrected chi connectivity index (χ2v) is 6.74. The third-order valence-corrected chi connectivity index (χ3v) is 3.73. The molecule has 0 aliphatic heterocycles. The molecule has 0 saturated heterocycles. The van der Waals surface area contributed by atoms with Crippen LogP contribution in [0.3, 0.4) is 0 Å². The number of thiazole rings is 1. The Labute approximate surface area is 166 Å². The minimum Gasteiger partial charge on any atom is -0.265 e. The summed E-state index contributed by atoms with van der Waals surface area (Å²) in [6.45, 7) is 8.08. The van der Waals surface area contributed by atoms with Crippen LogP contribution in [0.5, 0.6) is 0 Å². The van der Waals surface area contributed by atoms with Gasteiger partial charge in [0, 0.05) is 48.8 Å². The van der Waals surface area contributed by atoms with E-state index in [1.54, 1.807) is 42.3 Å².